The highest BCUT2D eigenvalue weighted by atomic mass is 16.6. The second kappa shape index (κ2) is 4.09. The molecular formula is C11H15N3O4. The van der Waals surface area contributed by atoms with E-state index in [1.165, 1.54) is 0 Å². The third-order valence-electron chi connectivity index (χ3n) is 2.43. The summed E-state index contributed by atoms with van der Waals surface area (Å²) in [6, 6.07) is 0. The van der Waals surface area contributed by atoms with Crippen molar-refractivity contribution in [2.75, 3.05) is 0 Å². The van der Waals surface area contributed by atoms with E-state index in [-0.39, 0.29) is 5.69 Å². The van der Waals surface area contributed by atoms with Gasteiger partial charge in [0, 0.05) is 18.7 Å². The molecule has 0 aliphatic carbocycles. The number of aromatic nitrogens is 2. The number of carbonyl (C=O) groups excluding carboxylic acids is 1. The summed E-state index contributed by atoms with van der Waals surface area (Å²) < 4.78 is 5.96. The van der Waals surface area contributed by atoms with Gasteiger partial charge in [0.1, 0.15) is 5.60 Å². The molecule has 0 fully saturated rings. The number of fused-ring (bicyclic) bond motifs is 1. The number of carboxylic acids is 1. The highest BCUT2D eigenvalue weighted by molar-refractivity contribution is 5.92. The van der Waals surface area contributed by atoms with Crippen LogP contribution in [0.1, 0.15) is 42.5 Å². The molecule has 0 atom stereocenters. The standard InChI is InChI=1S/C11H15N3O4/c1-11(2,3)18-10(17)14-8(9(15)16)6-4-12-5-7(6)13-14/h12H,4-5H2,1-3H3,(H,15,16). The van der Waals surface area contributed by atoms with Gasteiger partial charge in [-0.15, -0.1) is 0 Å². The van der Waals surface area contributed by atoms with Crippen molar-refractivity contribution in [1.29, 1.82) is 0 Å². The average molecular weight is 253 g/mol. The predicted octanol–water partition coefficient (Wildman–Crippen LogP) is 0.968. The van der Waals surface area contributed by atoms with Crippen LogP contribution in [-0.2, 0) is 17.8 Å². The molecule has 0 saturated heterocycles. The van der Waals surface area contributed by atoms with E-state index >= 15 is 0 Å². The molecule has 1 aliphatic heterocycles. The molecule has 18 heavy (non-hydrogen) atoms. The van der Waals surface area contributed by atoms with Gasteiger partial charge in [0.25, 0.3) is 0 Å². The topological polar surface area (TPSA) is 93.5 Å². The first kappa shape index (κ1) is 12.6. The monoisotopic (exact) mass is 253 g/mol. The second-order valence-electron chi connectivity index (χ2n) is 5.07. The molecule has 2 heterocycles. The van der Waals surface area contributed by atoms with Crippen molar-refractivity contribution in [3.8, 4) is 0 Å². The van der Waals surface area contributed by atoms with E-state index < -0.39 is 17.7 Å². The van der Waals surface area contributed by atoms with Crippen LogP contribution in [0.3, 0.4) is 0 Å². The largest absolute Gasteiger partial charge is 0.476 e. The summed E-state index contributed by atoms with van der Waals surface area (Å²) in [4.78, 5) is 23.1. The molecule has 0 unspecified atom stereocenters. The minimum Gasteiger partial charge on any atom is -0.476 e. The van der Waals surface area contributed by atoms with Crippen LogP contribution in [0.25, 0.3) is 0 Å². The zero-order valence-electron chi connectivity index (χ0n) is 10.5. The maximum absolute atomic E-state index is 11.9. The molecule has 0 aromatic carbocycles. The number of carbonyl (C=O) groups is 2. The Balaban J connectivity index is 2.40. The van der Waals surface area contributed by atoms with Gasteiger partial charge in [-0.1, -0.05) is 0 Å². The highest BCUT2D eigenvalue weighted by Crippen LogP contribution is 2.20. The Morgan fingerprint density at radius 2 is 2.06 bits per heavy atom. The Morgan fingerprint density at radius 1 is 1.39 bits per heavy atom. The van der Waals surface area contributed by atoms with Crippen molar-refractivity contribution in [2.24, 2.45) is 0 Å². The quantitative estimate of drug-likeness (QED) is 0.774. The Hall–Kier alpha value is -1.89. The van der Waals surface area contributed by atoms with E-state index in [4.69, 9.17) is 9.84 Å². The molecule has 0 saturated carbocycles. The first-order chi connectivity index (χ1) is 8.29. The van der Waals surface area contributed by atoms with Crippen molar-refractivity contribution in [3.05, 3.63) is 17.0 Å². The maximum Gasteiger partial charge on any atom is 0.436 e. The van der Waals surface area contributed by atoms with E-state index in [0.29, 0.717) is 24.3 Å². The van der Waals surface area contributed by atoms with E-state index in [0.717, 1.165) is 4.68 Å². The SMILES string of the molecule is CC(C)(C)OC(=O)n1nc2c(c1C(=O)O)CNC2. The van der Waals surface area contributed by atoms with E-state index in [1.54, 1.807) is 20.8 Å². The third kappa shape index (κ3) is 2.21. The lowest BCUT2D eigenvalue weighted by atomic mass is 10.2. The van der Waals surface area contributed by atoms with Crippen molar-refractivity contribution in [2.45, 2.75) is 39.5 Å². The van der Waals surface area contributed by atoms with Gasteiger partial charge in [-0.3, -0.25) is 0 Å². The van der Waals surface area contributed by atoms with Gasteiger partial charge in [0.05, 0.1) is 5.69 Å². The Bertz CT molecular complexity index is 513. The number of rotatable bonds is 1. The van der Waals surface area contributed by atoms with Crippen molar-refractivity contribution in [1.82, 2.24) is 15.1 Å². The van der Waals surface area contributed by atoms with Gasteiger partial charge < -0.3 is 15.2 Å². The summed E-state index contributed by atoms with van der Waals surface area (Å²) in [6.45, 7) is 6.00. The summed E-state index contributed by atoms with van der Waals surface area (Å²) in [5.74, 6) is -1.18. The number of hydrogen-bond donors (Lipinski definition) is 2. The lowest BCUT2D eigenvalue weighted by Crippen LogP contribution is -2.30. The molecule has 1 aromatic rings. The summed E-state index contributed by atoms with van der Waals surface area (Å²) in [6.07, 6.45) is -0.769. The van der Waals surface area contributed by atoms with Crippen molar-refractivity contribution >= 4 is 12.1 Å². The number of nitrogens with one attached hydrogen (secondary N) is 1. The van der Waals surface area contributed by atoms with Gasteiger partial charge in [-0.25, -0.2) is 9.59 Å². The van der Waals surface area contributed by atoms with Gasteiger partial charge in [-0.2, -0.15) is 9.78 Å². The molecule has 7 nitrogen and oxygen atoms in total. The van der Waals surface area contributed by atoms with Gasteiger partial charge in [0.2, 0.25) is 0 Å². The van der Waals surface area contributed by atoms with Crippen LogP contribution in [0.5, 0.6) is 0 Å². The Labute approximate surface area is 104 Å². The van der Waals surface area contributed by atoms with Crippen LogP contribution < -0.4 is 5.32 Å². The van der Waals surface area contributed by atoms with Crippen LogP contribution in [0.4, 0.5) is 4.79 Å². The highest BCUT2D eigenvalue weighted by Gasteiger charge is 2.31. The number of aromatic carboxylic acids is 1. The van der Waals surface area contributed by atoms with Crippen LogP contribution in [0.15, 0.2) is 0 Å². The van der Waals surface area contributed by atoms with Crippen molar-refractivity contribution in [3.63, 3.8) is 0 Å². The molecule has 2 N–H and O–H groups in total. The Kier molecular flexibility index (Phi) is 2.86. The van der Waals surface area contributed by atoms with Crippen LogP contribution in [0.2, 0.25) is 0 Å². The van der Waals surface area contributed by atoms with Crippen LogP contribution in [0, 0.1) is 0 Å². The maximum atomic E-state index is 11.9. The molecule has 98 valence electrons. The summed E-state index contributed by atoms with van der Waals surface area (Å²) in [5.41, 5.74) is 0.317. The van der Waals surface area contributed by atoms with Gasteiger partial charge in [0.15, 0.2) is 5.69 Å². The first-order valence-corrected chi connectivity index (χ1v) is 5.58. The molecule has 0 bridgehead atoms. The molecule has 0 amide bonds. The van der Waals surface area contributed by atoms with Crippen molar-refractivity contribution < 1.29 is 19.4 Å². The zero-order valence-corrected chi connectivity index (χ0v) is 10.5. The van der Waals surface area contributed by atoms with E-state index in [9.17, 15) is 9.59 Å². The second-order valence-corrected chi connectivity index (χ2v) is 5.07. The average Bonchev–Trinajstić information content (AvgIpc) is 2.70. The fourth-order valence-corrected chi connectivity index (χ4v) is 1.79. The molecule has 0 spiro atoms. The number of ether oxygens (including phenoxy) is 1. The lowest BCUT2D eigenvalue weighted by Gasteiger charge is -2.19. The lowest BCUT2D eigenvalue weighted by molar-refractivity contribution is 0.0481. The molecule has 7 heteroatoms. The fourth-order valence-electron chi connectivity index (χ4n) is 1.79. The predicted molar refractivity (Wildman–Crippen MR) is 61.4 cm³/mol. The number of nitrogens with zero attached hydrogens (tertiary/aromatic N) is 2. The molecule has 0 radical (unpaired) electrons. The normalized spacial score (nSPS) is 14.4. The van der Waals surface area contributed by atoms with Crippen LogP contribution in [-0.4, -0.2) is 32.6 Å². The van der Waals surface area contributed by atoms with Gasteiger partial charge >= 0.3 is 12.1 Å². The third-order valence-corrected chi connectivity index (χ3v) is 2.43. The summed E-state index contributed by atoms with van der Waals surface area (Å²) in [5, 5.41) is 16.2. The molecular weight excluding hydrogens is 238 g/mol. The molecule has 2 rings (SSSR count). The van der Waals surface area contributed by atoms with E-state index in [2.05, 4.69) is 10.4 Å². The molecule has 1 aliphatic rings. The molecule has 1 aromatic heterocycles. The minimum absolute atomic E-state index is 0.121. The number of hydrogen-bond acceptors (Lipinski definition) is 5. The zero-order chi connectivity index (χ0) is 13.5. The minimum atomic E-state index is -1.18. The Morgan fingerprint density at radius 3 is 2.61 bits per heavy atom. The fraction of sp³-hybridized carbons (Fsp3) is 0.545. The smallest absolute Gasteiger partial charge is 0.436 e. The van der Waals surface area contributed by atoms with Crippen LogP contribution >= 0.6 is 0 Å². The van der Waals surface area contributed by atoms with E-state index in [1.807, 2.05) is 0 Å². The first-order valence-electron chi connectivity index (χ1n) is 5.58. The number of carboxylic acid groups (broad SMARTS) is 1. The van der Waals surface area contributed by atoms with Gasteiger partial charge in [-0.05, 0) is 20.8 Å². The summed E-state index contributed by atoms with van der Waals surface area (Å²) in [7, 11) is 0. The summed E-state index contributed by atoms with van der Waals surface area (Å²) >= 11 is 0.